The number of aliphatic hydroxyl groups excluding tert-OH is 1. The van der Waals surface area contributed by atoms with Crippen LogP contribution in [0, 0.1) is 5.82 Å². The molecule has 1 atom stereocenters. The molecule has 2 rings (SSSR count). The molecule has 0 aromatic heterocycles. The summed E-state index contributed by atoms with van der Waals surface area (Å²) in [5.41, 5.74) is 0.967. The molecule has 0 amide bonds. The van der Waals surface area contributed by atoms with Gasteiger partial charge < -0.3 is 5.11 Å². The maximum atomic E-state index is 13.1. The molecule has 1 unspecified atom stereocenters. The Morgan fingerprint density at radius 3 is 2.56 bits per heavy atom. The fourth-order valence-corrected chi connectivity index (χ4v) is 2.53. The first-order valence-electron chi connectivity index (χ1n) is 6.39. The van der Waals surface area contributed by atoms with Crippen LogP contribution in [-0.4, -0.2) is 35.7 Å². The average Bonchev–Trinajstić information content (AvgIpc) is 2.37. The Kier molecular flexibility index (Phi) is 6.61. The molecule has 1 N–H and O–H groups in total. The van der Waals surface area contributed by atoms with Crippen molar-refractivity contribution in [2.75, 3.05) is 19.7 Å². The number of likely N-dealkylation sites (tertiary alicyclic amines) is 1. The van der Waals surface area contributed by atoms with Gasteiger partial charge in [0, 0.05) is 6.04 Å². The number of aliphatic hydroxyl groups is 1. The van der Waals surface area contributed by atoms with Crippen LogP contribution < -0.4 is 0 Å². The van der Waals surface area contributed by atoms with Gasteiger partial charge in [0.25, 0.3) is 0 Å². The van der Waals surface area contributed by atoms with Gasteiger partial charge in [-0.25, -0.2) is 4.39 Å². The van der Waals surface area contributed by atoms with Crippen molar-refractivity contribution >= 4 is 12.4 Å². The third-order valence-corrected chi connectivity index (χ3v) is 3.48. The topological polar surface area (TPSA) is 23.5 Å². The fraction of sp³-hybridized carbons (Fsp3) is 0.571. The molecular weight excluding hydrogens is 253 g/mol. The van der Waals surface area contributed by atoms with E-state index in [1.54, 1.807) is 12.1 Å². The van der Waals surface area contributed by atoms with Crippen molar-refractivity contribution in [1.29, 1.82) is 0 Å². The fourth-order valence-electron chi connectivity index (χ4n) is 2.53. The Morgan fingerprint density at radius 1 is 1.22 bits per heavy atom. The van der Waals surface area contributed by atoms with Crippen molar-refractivity contribution in [1.82, 2.24) is 4.90 Å². The first-order valence-corrected chi connectivity index (χ1v) is 6.39. The minimum atomic E-state index is -0.196. The molecule has 1 saturated heterocycles. The SMILES string of the molecule is Cl.OCC(Cc1cccc(F)c1)N1CCCCC1. The van der Waals surface area contributed by atoms with E-state index in [9.17, 15) is 9.50 Å². The summed E-state index contributed by atoms with van der Waals surface area (Å²) in [5, 5.41) is 9.47. The Labute approximate surface area is 114 Å². The van der Waals surface area contributed by atoms with Crippen molar-refractivity contribution in [3.63, 3.8) is 0 Å². The number of hydrogen-bond donors (Lipinski definition) is 1. The third-order valence-electron chi connectivity index (χ3n) is 3.48. The van der Waals surface area contributed by atoms with Crippen LogP contribution in [0.1, 0.15) is 24.8 Å². The zero-order chi connectivity index (χ0) is 12.1. The van der Waals surface area contributed by atoms with Gasteiger partial charge in [0.2, 0.25) is 0 Å². The number of hydrogen-bond acceptors (Lipinski definition) is 2. The predicted octanol–water partition coefficient (Wildman–Crippen LogP) is 2.64. The molecule has 1 heterocycles. The summed E-state index contributed by atoms with van der Waals surface area (Å²) in [4.78, 5) is 2.33. The second-order valence-electron chi connectivity index (χ2n) is 4.77. The molecule has 18 heavy (non-hydrogen) atoms. The lowest BCUT2D eigenvalue weighted by Crippen LogP contribution is -2.42. The standard InChI is InChI=1S/C14H20FNO.ClH/c15-13-6-4-5-12(9-13)10-14(11-17)16-7-2-1-3-8-16;/h4-6,9,14,17H,1-3,7-8,10-11H2;1H. The molecule has 1 aliphatic heterocycles. The summed E-state index contributed by atoms with van der Waals surface area (Å²) in [6.07, 6.45) is 4.43. The second kappa shape index (κ2) is 7.72. The molecule has 0 saturated carbocycles. The van der Waals surface area contributed by atoms with Crippen LogP contribution in [0.3, 0.4) is 0 Å². The van der Waals surface area contributed by atoms with Gasteiger partial charge in [0.15, 0.2) is 0 Å². The summed E-state index contributed by atoms with van der Waals surface area (Å²) in [6, 6.07) is 6.81. The Morgan fingerprint density at radius 2 is 1.94 bits per heavy atom. The van der Waals surface area contributed by atoms with Crippen LogP contribution >= 0.6 is 12.4 Å². The van der Waals surface area contributed by atoms with E-state index >= 15 is 0 Å². The monoisotopic (exact) mass is 273 g/mol. The molecule has 1 fully saturated rings. The van der Waals surface area contributed by atoms with E-state index in [0.717, 1.165) is 25.1 Å². The van der Waals surface area contributed by atoms with Crippen LogP contribution in [0.5, 0.6) is 0 Å². The zero-order valence-electron chi connectivity index (χ0n) is 10.5. The number of piperidine rings is 1. The highest BCUT2D eigenvalue weighted by molar-refractivity contribution is 5.85. The number of rotatable bonds is 4. The van der Waals surface area contributed by atoms with E-state index in [1.165, 1.54) is 25.3 Å². The average molecular weight is 274 g/mol. The van der Waals surface area contributed by atoms with Crippen LogP contribution in [-0.2, 0) is 6.42 Å². The largest absolute Gasteiger partial charge is 0.395 e. The summed E-state index contributed by atoms with van der Waals surface area (Å²) in [7, 11) is 0. The van der Waals surface area contributed by atoms with Crippen molar-refractivity contribution in [2.24, 2.45) is 0 Å². The maximum Gasteiger partial charge on any atom is 0.123 e. The lowest BCUT2D eigenvalue weighted by Gasteiger charge is -2.33. The number of benzene rings is 1. The third kappa shape index (κ3) is 4.23. The molecule has 1 aromatic rings. The van der Waals surface area contributed by atoms with E-state index in [1.807, 2.05) is 6.07 Å². The van der Waals surface area contributed by atoms with Gasteiger partial charge in [-0.3, -0.25) is 4.90 Å². The van der Waals surface area contributed by atoms with Crippen molar-refractivity contribution in [2.45, 2.75) is 31.7 Å². The highest BCUT2D eigenvalue weighted by atomic mass is 35.5. The predicted molar refractivity (Wildman–Crippen MR) is 73.6 cm³/mol. The Hall–Kier alpha value is -0.640. The molecule has 2 nitrogen and oxygen atoms in total. The lowest BCUT2D eigenvalue weighted by atomic mass is 10.0. The lowest BCUT2D eigenvalue weighted by molar-refractivity contribution is 0.104. The minimum Gasteiger partial charge on any atom is -0.395 e. The highest BCUT2D eigenvalue weighted by Gasteiger charge is 2.20. The quantitative estimate of drug-likeness (QED) is 0.912. The van der Waals surface area contributed by atoms with Crippen LogP contribution in [0.25, 0.3) is 0 Å². The molecule has 4 heteroatoms. The highest BCUT2D eigenvalue weighted by Crippen LogP contribution is 2.16. The van der Waals surface area contributed by atoms with E-state index in [-0.39, 0.29) is 30.9 Å². The summed E-state index contributed by atoms with van der Waals surface area (Å²) in [6.45, 7) is 2.26. The first kappa shape index (κ1) is 15.4. The van der Waals surface area contributed by atoms with E-state index < -0.39 is 0 Å². The Bertz CT molecular complexity index is 355. The molecule has 1 aliphatic rings. The van der Waals surface area contributed by atoms with E-state index in [2.05, 4.69) is 4.90 Å². The molecule has 0 bridgehead atoms. The Balaban J connectivity index is 0.00000162. The summed E-state index contributed by atoms with van der Waals surface area (Å²) in [5.74, 6) is -0.196. The molecule has 102 valence electrons. The zero-order valence-corrected chi connectivity index (χ0v) is 11.3. The van der Waals surface area contributed by atoms with Gasteiger partial charge in [-0.15, -0.1) is 12.4 Å². The van der Waals surface area contributed by atoms with E-state index in [0.29, 0.717) is 0 Å². The van der Waals surface area contributed by atoms with Gasteiger partial charge >= 0.3 is 0 Å². The smallest absolute Gasteiger partial charge is 0.123 e. The van der Waals surface area contributed by atoms with Crippen molar-refractivity contribution in [3.8, 4) is 0 Å². The minimum absolute atomic E-state index is 0. The van der Waals surface area contributed by atoms with Crippen LogP contribution in [0.2, 0.25) is 0 Å². The second-order valence-corrected chi connectivity index (χ2v) is 4.77. The molecule has 0 spiro atoms. The first-order chi connectivity index (χ1) is 8.29. The summed E-state index contributed by atoms with van der Waals surface area (Å²) >= 11 is 0. The van der Waals surface area contributed by atoms with Crippen LogP contribution in [0.15, 0.2) is 24.3 Å². The molecule has 0 aliphatic carbocycles. The van der Waals surface area contributed by atoms with Gasteiger partial charge in [-0.1, -0.05) is 18.6 Å². The van der Waals surface area contributed by atoms with Crippen molar-refractivity contribution < 1.29 is 9.50 Å². The molecular formula is C14H21ClFNO. The van der Waals surface area contributed by atoms with Crippen molar-refractivity contribution in [3.05, 3.63) is 35.6 Å². The normalized spacial score (nSPS) is 18.1. The summed E-state index contributed by atoms with van der Waals surface area (Å²) < 4.78 is 13.1. The van der Waals surface area contributed by atoms with Gasteiger partial charge in [-0.2, -0.15) is 0 Å². The van der Waals surface area contributed by atoms with Gasteiger partial charge in [0.1, 0.15) is 5.82 Å². The molecule has 1 aromatic carbocycles. The maximum absolute atomic E-state index is 13.1. The molecule has 0 radical (unpaired) electrons. The number of nitrogens with zero attached hydrogens (tertiary/aromatic N) is 1. The van der Waals surface area contributed by atoms with Gasteiger partial charge in [-0.05, 0) is 50.0 Å². The van der Waals surface area contributed by atoms with Crippen LogP contribution in [0.4, 0.5) is 4.39 Å². The van der Waals surface area contributed by atoms with E-state index in [4.69, 9.17) is 0 Å². The number of halogens is 2. The van der Waals surface area contributed by atoms with Gasteiger partial charge in [0.05, 0.1) is 6.61 Å².